The van der Waals surface area contributed by atoms with Gasteiger partial charge in [-0.2, -0.15) is 5.10 Å². The summed E-state index contributed by atoms with van der Waals surface area (Å²) in [5.74, 6) is 0. The number of hydrazone groups is 1. The minimum absolute atomic E-state index is 0.0268. The zero-order chi connectivity index (χ0) is 12.4. The predicted octanol–water partition coefficient (Wildman–Crippen LogP) is 2.28. The second kappa shape index (κ2) is 4.44. The van der Waals surface area contributed by atoms with Gasteiger partial charge < -0.3 is 0 Å². The average molecular weight is 240 g/mol. The smallest absolute Gasteiger partial charge is 0.257 e. The maximum Gasteiger partial charge on any atom is 0.350 e. The van der Waals surface area contributed by atoms with Crippen molar-refractivity contribution in [1.82, 2.24) is 14.6 Å². The van der Waals surface area contributed by atoms with Crippen molar-refractivity contribution in [2.45, 2.75) is 12.5 Å². The fourth-order valence-corrected chi connectivity index (χ4v) is 2.04. The van der Waals surface area contributed by atoms with Crippen LogP contribution < -0.4 is 0 Å². The van der Waals surface area contributed by atoms with Crippen LogP contribution in [0.5, 0.6) is 0 Å². The Morgan fingerprint density at radius 3 is 2.83 bits per heavy atom. The van der Waals surface area contributed by atoms with Crippen LogP contribution >= 0.6 is 0 Å². The second-order valence-corrected chi connectivity index (χ2v) is 4.06. The molecule has 3 rings (SSSR count). The lowest BCUT2D eigenvalue weighted by molar-refractivity contribution is 0.188. The van der Waals surface area contributed by atoms with Crippen LogP contribution in [0.4, 0.5) is 4.79 Å². The molecule has 1 amide bonds. The SMILES string of the molecule is O=C(N1N=CC[C@H]1c1ccccc1)n1ccnc1. The van der Waals surface area contributed by atoms with Crippen molar-refractivity contribution in [2.75, 3.05) is 0 Å². The van der Waals surface area contributed by atoms with E-state index in [0.29, 0.717) is 0 Å². The van der Waals surface area contributed by atoms with Gasteiger partial charge in [-0.25, -0.2) is 14.8 Å². The molecule has 90 valence electrons. The number of benzene rings is 1. The van der Waals surface area contributed by atoms with Crippen molar-refractivity contribution in [1.29, 1.82) is 0 Å². The Morgan fingerprint density at radius 2 is 2.11 bits per heavy atom. The molecule has 0 N–H and O–H groups in total. The number of carbonyl (C=O) groups excluding carboxylic acids is 1. The summed E-state index contributed by atoms with van der Waals surface area (Å²) in [6.07, 6.45) is 7.20. The van der Waals surface area contributed by atoms with Gasteiger partial charge in [0, 0.05) is 25.0 Å². The summed E-state index contributed by atoms with van der Waals surface area (Å²) in [6.45, 7) is 0. The number of hydrogen-bond acceptors (Lipinski definition) is 3. The third kappa shape index (κ3) is 1.79. The molecule has 1 aromatic carbocycles. The van der Waals surface area contributed by atoms with Gasteiger partial charge in [0.05, 0.1) is 6.04 Å². The minimum atomic E-state index is -0.185. The lowest BCUT2D eigenvalue weighted by Crippen LogP contribution is -2.30. The molecule has 1 atom stereocenters. The molecular formula is C13H12N4O. The Labute approximate surface area is 104 Å². The van der Waals surface area contributed by atoms with Crippen molar-refractivity contribution >= 4 is 12.2 Å². The van der Waals surface area contributed by atoms with Gasteiger partial charge in [-0.05, 0) is 5.56 Å². The highest BCUT2D eigenvalue weighted by atomic mass is 16.2. The van der Waals surface area contributed by atoms with Gasteiger partial charge in [-0.1, -0.05) is 30.3 Å². The molecule has 2 aromatic rings. The molecule has 18 heavy (non-hydrogen) atoms. The summed E-state index contributed by atoms with van der Waals surface area (Å²) in [5.41, 5.74) is 1.09. The van der Waals surface area contributed by atoms with E-state index in [1.54, 1.807) is 18.6 Å². The van der Waals surface area contributed by atoms with E-state index in [0.717, 1.165) is 12.0 Å². The number of nitrogens with zero attached hydrogens (tertiary/aromatic N) is 4. The van der Waals surface area contributed by atoms with Crippen LogP contribution in [0, 0.1) is 0 Å². The van der Waals surface area contributed by atoms with E-state index in [9.17, 15) is 4.79 Å². The van der Waals surface area contributed by atoms with Crippen LogP contribution in [-0.4, -0.2) is 26.8 Å². The van der Waals surface area contributed by atoms with Gasteiger partial charge in [0.15, 0.2) is 0 Å². The first-order valence-corrected chi connectivity index (χ1v) is 5.75. The molecule has 0 aliphatic carbocycles. The van der Waals surface area contributed by atoms with Crippen LogP contribution in [0.3, 0.4) is 0 Å². The zero-order valence-corrected chi connectivity index (χ0v) is 9.68. The average Bonchev–Trinajstić information content (AvgIpc) is 3.10. The molecule has 5 heteroatoms. The maximum absolute atomic E-state index is 12.2. The van der Waals surface area contributed by atoms with Gasteiger partial charge in [0.25, 0.3) is 0 Å². The molecule has 1 aliphatic rings. The third-order valence-electron chi connectivity index (χ3n) is 2.94. The van der Waals surface area contributed by atoms with Gasteiger partial charge >= 0.3 is 6.03 Å². The highest BCUT2D eigenvalue weighted by Gasteiger charge is 2.28. The van der Waals surface area contributed by atoms with Crippen LogP contribution in [0.25, 0.3) is 0 Å². The summed E-state index contributed by atoms with van der Waals surface area (Å²) in [4.78, 5) is 16.1. The lowest BCUT2D eigenvalue weighted by Gasteiger charge is -2.21. The van der Waals surface area contributed by atoms with E-state index in [1.165, 1.54) is 15.9 Å². The normalized spacial score (nSPS) is 18.2. The molecule has 0 saturated heterocycles. The third-order valence-corrected chi connectivity index (χ3v) is 2.94. The number of imidazole rings is 1. The first-order chi connectivity index (χ1) is 8.86. The van der Waals surface area contributed by atoms with E-state index in [2.05, 4.69) is 10.1 Å². The van der Waals surface area contributed by atoms with E-state index < -0.39 is 0 Å². The fraction of sp³-hybridized carbons (Fsp3) is 0.154. The molecule has 0 unspecified atom stereocenters. The van der Waals surface area contributed by atoms with Crippen LogP contribution in [0.2, 0.25) is 0 Å². The zero-order valence-electron chi connectivity index (χ0n) is 9.68. The Balaban J connectivity index is 1.88. The minimum Gasteiger partial charge on any atom is -0.257 e. The first kappa shape index (κ1) is 10.7. The highest BCUT2D eigenvalue weighted by Crippen LogP contribution is 2.28. The Hall–Kier alpha value is -2.43. The second-order valence-electron chi connectivity index (χ2n) is 4.06. The molecule has 0 fully saturated rings. The van der Waals surface area contributed by atoms with E-state index in [4.69, 9.17) is 0 Å². The van der Waals surface area contributed by atoms with Gasteiger partial charge in [-0.15, -0.1) is 0 Å². The van der Waals surface area contributed by atoms with Gasteiger partial charge in [-0.3, -0.25) is 4.57 Å². The standard InChI is InChI=1S/C13H12N4O/c18-13(16-9-8-14-10-16)17-12(6-7-15-17)11-4-2-1-3-5-11/h1-5,7-10,12H,6H2/t12-/m0/s1. The Bertz CT molecular complexity index is 562. The summed E-state index contributed by atoms with van der Waals surface area (Å²) in [5, 5.41) is 5.66. The van der Waals surface area contributed by atoms with Crippen LogP contribution in [-0.2, 0) is 0 Å². The van der Waals surface area contributed by atoms with Crippen molar-refractivity contribution in [3.63, 3.8) is 0 Å². The van der Waals surface area contributed by atoms with Crippen LogP contribution in [0.15, 0.2) is 54.2 Å². The van der Waals surface area contributed by atoms with E-state index >= 15 is 0 Å². The summed E-state index contributed by atoms with van der Waals surface area (Å²) in [6, 6.07) is 9.69. The number of carbonyl (C=O) groups is 1. The van der Waals surface area contributed by atoms with Gasteiger partial charge in [0.1, 0.15) is 6.33 Å². The monoisotopic (exact) mass is 240 g/mol. The summed E-state index contributed by atoms with van der Waals surface area (Å²) < 4.78 is 1.43. The molecule has 5 nitrogen and oxygen atoms in total. The van der Waals surface area contributed by atoms with Crippen molar-refractivity contribution in [3.05, 3.63) is 54.6 Å². The highest BCUT2D eigenvalue weighted by molar-refractivity contribution is 5.80. The van der Waals surface area contributed by atoms with Crippen molar-refractivity contribution in [2.24, 2.45) is 5.10 Å². The predicted molar refractivity (Wildman–Crippen MR) is 67.2 cm³/mol. The van der Waals surface area contributed by atoms with Crippen LogP contribution in [0.1, 0.15) is 18.0 Å². The summed E-state index contributed by atoms with van der Waals surface area (Å²) >= 11 is 0. The van der Waals surface area contributed by atoms with Crippen molar-refractivity contribution < 1.29 is 4.79 Å². The molecule has 0 spiro atoms. The lowest BCUT2D eigenvalue weighted by atomic mass is 10.1. The molecule has 1 aliphatic heterocycles. The number of aromatic nitrogens is 2. The molecular weight excluding hydrogens is 228 g/mol. The Morgan fingerprint density at radius 1 is 1.28 bits per heavy atom. The quantitative estimate of drug-likeness (QED) is 0.767. The number of amides is 1. The topological polar surface area (TPSA) is 50.5 Å². The van der Waals surface area contributed by atoms with E-state index in [1.807, 2.05) is 30.3 Å². The van der Waals surface area contributed by atoms with Crippen molar-refractivity contribution in [3.8, 4) is 0 Å². The molecule has 1 aromatic heterocycles. The first-order valence-electron chi connectivity index (χ1n) is 5.75. The molecule has 0 bridgehead atoms. The molecule has 0 saturated carbocycles. The van der Waals surface area contributed by atoms with Gasteiger partial charge in [0.2, 0.25) is 0 Å². The Kier molecular flexibility index (Phi) is 2.64. The summed E-state index contributed by atoms with van der Waals surface area (Å²) in [7, 11) is 0. The van der Waals surface area contributed by atoms with E-state index in [-0.39, 0.29) is 12.1 Å². The molecule has 2 heterocycles. The maximum atomic E-state index is 12.2. The molecule has 0 radical (unpaired) electrons. The number of rotatable bonds is 1. The largest absolute Gasteiger partial charge is 0.350 e. The number of hydrogen-bond donors (Lipinski definition) is 0. The fourth-order valence-electron chi connectivity index (χ4n) is 2.04.